The Hall–Kier alpha value is -4.71. The third-order valence-electron chi connectivity index (χ3n) is 6.01. The Morgan fingerprint density at radius 1 is 0.974 bits per heavy atom. The monoisotopic (exact) mass is 551 g/mol. The predicted octanol–water partition coefficient (Wildman–Crippen LogP) is 5.34. The summed E-state index contributed by atoms with van der Waals surface area (Å²) in [6.07, 6.45) is -2.13. The minimum absolute atomic E-state index is 0.136. The minimum atomic E-state index is -4.75. The van der Waals surface area contributed by atoms with Crippen LogP contribution in [0.15, 0.2) is 90.0 Å². The first kappa shape index (κ1) is 25.9. The van der Waals surface area contributed by atoms with E-state index in [0.717, 1.165) is 22.4 Å². The van der Waals surface area contributed by atoms with E-state index in [1.54, 1.807) is 48.5 Å². The number of nitrogen functional groups attached to an aromatic ring is 1. The molecule has 0 unspecified atom stereocenters. The lowest BCUT2D eigenvalue weighted by molar-refractivity contribution is -0.141. The summed E-state index contributed by atoms with van der Waals surface area (Å²) in [4.78, 5) is 17.2. The molecule has 8 nitrogen and oxygen atoms in total. The van der Waals surface area contributed by atoms with E-state index in [1.807, 2.05) is 0 Å². The standard InChI is InChI=1S/C27H20F3N5O3S/c1-39(37,38)22-5-3-2-4-20(22)16-6-8-18(9-7-16)26(36)33-24-15-23(27(28,29)30)34-35(24)19-11-10-17-12-13-32-25(31)21(17)14-19/h2-15H,1H3,(H2,31,32)(H,33,36). The molecule has 0 saturated heterocycles. The van der Waals surface area contributed by atoms with Crippen LogP contribution < -0.4 is 11.1 Å². The fourth-order valence-corrected chi connectivity index (χ4v) is 5.05. The van der Waals surface area contributed by atoms with E-state index in [0.29, 0.717) is 16.5 Å². The van der Waals surface area contributed by atoms with Crippen molar-refractivity contribution in [1.82, 2.24) is 14.8 Å². The van der Waals surface area contributed by atoms with Crippen LogP contribution in [0.25, 0.3) is 27.6 Å². The molecule has 0 aliphatic carbocycles. The average Bonchev–Trinajstić information content (AvgIpc) is 3.33. The van der Waals surface area contributed by atoms with Crippen LogP contribution in [-0.2, 0) is 16.0 Å². The smallest absolute Gasteiger partial charge is 0.383 e. The van der Waals surface area contributed by atoms with Gasteiger partial charge in [0.05, 0.1) is 10.6 Å². The van der Waals surface area contributed by atoms with Crippen LogP contribution in [0.2, 0.25) is 0 Å². The number of rotatable bonds is 5. The molecule has 2 aromatic heterocycles. The highest BCUT2D eigenvalue weighted by Crippen LogP contribution is 2.33. The van der Waals surface area contributed by atoms with Crippen molar-refractivity contribution in [3.05, 3.63) is 96.3 Å². The van der Waals surface area contributed by atoms with E-state index in [-0.39, 0.29) is 27.8 Å². The fourth-order valence-electron chi connectivity index (χ4n) is 4.13. The summed E-state index contributed by atoms with van der Waals surface area (Å²) in [5.74, 6) is -0.698. The summed E-state index contributed by atoms with van der Waals surface area (Å²) >= 11 is 0. The number of sulfone groups is 1. The summed E-state index contributed by atoms with van der Waals surface area (Å²) in [7, 11) is -3.50. The number of anilines is 2. The molecule has 3 aromatic carbocycles. The van der Waals surface area contributed by atoms with E-state index >= 15 is 0 Å². The van der Waals surface area contributed by atoms with Crippen LogP contribution >= 0.6 is 0 Å². The molecule has 2 heterocycles. The van der Waals surface area contributed by atoms with Gasteiger partial charge in [0, 0.05) is 35.0 Å². The highest BCUT2D eigenvalue weighted by atomic mass is 32.2. The van der Waals surface area contributed by atoms with Crippen molar-refractivity contribution in [3.63, 3.8) is 0 Å². The van der Waals surface area contributed by atoms with Crippen LogP contribution in [0.4, 0.5) is 24.8 Å². The Labute approximate surface area is 220 Å². The average molecular weight is 552 g/mol. The number of carbonyl (C=O) groups excluding carboxylic acids is 1. The van der Waals surface area contributed by atoms with E-state index in [2.05, 4.69) is 15.4 Å². The maximum absolute atomic E-state index is 13.5. The highest BCUT2D eigenvalue weighted by molar-refractivity contribution is 7.90. The first-order chi connectivity index (χ1) is 18.4. The van der Waals surface area contributed by atoms with Crippen molar-refractivity contribution in [1.29, 1.82) is 0 Å². The van der Waals surface area contributed by atoms with Gasteiger partial charge in [-0.05, 0) is 47.3 Å². The number of aromatic nitrogens is 3. The summed E-state index contributed by atoms with van der Waals surface area (Å²) in [5, 5.41) is 7.42. The molecule has 0 atom stereocenters. The second-order valence-electron chi connectivity index (χ2n) is 8.73. The number of halogens is 3. The number of nitrogens with zero attached hydrogens (tertiary/aromatic N) is 3. The molecule has 0 bridgehead atoms. The minimum Gasteiger partial charge on any atom is -0.383 e. The molecule has 0 radical (unpaired) electrons. The number of alkyl halides is 3. The Kier molecular flexibility index (Phi) is 6.35. The molecule has 1 amide bonds. The summed E-state index contributed by atoms with van der Waals surface area (Å²) in [6, 6.07) is 19.7. The van der Waals surface area contributed by atoms with Crippen molar-refractivity contribution in [3.8, 4) is 16.8 Å². The number of hydrogen-bond acceptors (Lipinski definition) is 6. The van der Waals surface area contributed by atoms with E-state index in [4.69, 9.17) is 5.73 Å². The lowest BCUT2D eigenvalue weighted by atomic mass is 10.0. The van der Waals surface area contributed by atoms with Gasteiger partial charge < -0.3 is 11.1 Å². The van der Waals surface area contributed by atoms with Gasteiger partial charge in [-0.2, -0.15) is 18.3 Å². The van der Waals surface area contributed by atoms with Gasteiger partial charge in [0.15, 0.2) is 15.5 Å². The number of nitrogens with one attached hydrogen (secondary N) is 1. The predicted molar refractivity (Wildman–Crippen MR) is 141 cm³/mol. The van der Waals surface area contributed by atoms with Crippen molar-refractivity contribution < 1.29 is 26.4 Å². The van der Waals surface area contributed by atoms with Gasteiger partial charge >= 0.3 is 6.18 Å². The lowest BCUT2D eigenvalue weighted by Crippen LogP contribution is -2.15. The zero-order chi connectivity index (χ0) is 27.9. The Morgan fingerprint density at radius 2 is 1.69 bits per heavy atom. The van der Waals surface area contributed by atoms with Gasteiger partial charge in [-0.25, -0.2) is 18.1 Å². The lowest BCUT2D eigenvalue weighted by Gasteiger charge is -2.11. The zero-order valence-corrected chi connectivity index (χ0v) is 21.1. The van der Waals surface area contributed by atoms with Crippen molar-refractivity contribution >= 4 is 38.2 Å². The molecular weight excluding hydrogens is 531 g/mol. The Balaban J connectivity index is 1.49. The first-order valence-corrected chi connectivity index (χ1v) is 13.3. The molecule has 3 N–H and O–H groups in total. The Morgan fingerprint density at radius 3 is 2.38 bits per heavy atom. The highest BCUT2D eigenvalue weighted by Gasteiger charge is 2.35. The molecule has 12 heteroatoms. The van der Waals surface area contributed by atoms with Crippen LogP contribution in [0.1, 0.15) is 16.1 Å². The maximum atomic E-state index is 13.5. The summed E-state index contributed by atoms with van der Waals surface area (Å²) < 4.78 is 65.9. The van der Waals surface area contributed by atoms with Gasteiger partial charge in [0.2, 0.25) is 0 Å². The van der Waals surface area contributed by atoms with Gasteiger partial charge in [-0.15, -0.1) is 0 Å². The molecule has 5 aromatic rings. The number of fused-ring (bicyclic) bond motifs is 1. The maximum Gasteiger partial charge on any atom is 0.435 e. The second kappa shape index (κ2) is 9.55. The number of nitrogens with two attached hydrogens (primary N) is 1. The topological polar surface area (TPSA) is 120 Å². The van der Waals surface area contributed by atoms with E-state index in [1.165, 1.54) is 30.5 Å². The first-order valence-electron chi connectivity index (χ1n) is 11.4. The number of hydrogen-bond donors (Lipinski definition) is 2. The van der Waals surface area contributed by atoms with Gasteiger partial charge in [-0.3, -0.25) is 4.79 Å². The largest absolute Gasteiger partial charge is 0.435 e. The Bertz CT molecular complexity index is 1830. The molecule has 0 aliphatic rings. The van der Waals surface area contributed by atoms with Crippen LogP contribution in [0.5, 0.6) is 0 Å². The third-order valence-corrected chi connectivity index (χ3v) is 7.17. The van der Waals surface area contributed by atoms with Crippen LogP contribution in [-0.4, -0.2) is 35.3 Å². The molecule has 5 rings (SSSR count). The number of benzene rings is 3. The molecule has 0 saturated carbocycles. The number of pyridine rings is 1. The van der Waals surface area contributed by atoms with E-state index < -0.39 is 27.6 Å². The van der Waals surface area contributed by atoms with Crippen LogP contribution in [0.3, 0.4) is 0 Å². The summed E-state index contributed by atoms with van der Waals surface area (Å²) in [5.41, 5.74) is 6.14. The second-order valence-corrected chi connectivity index (χ2v) is 10.7. The molecule has 0 aliphatic heterocycles. The zero-order valence-electron chi connectivity index (χ0n) is 20.3. The van der Waals surface area contributed by atoms with Gasteiger partial charge in [-0.1, -0.05) is 36.4 Å². The van der Waals surface area contributed by atoms with E-state index in [9.17, 15) is 26.4 Å². The SMILES string of the molecule is CS(=O)(=O)c1ccccc1-c1ccc(C(=O)Nc2cc(C(F)(F)F)nn2-c2ccc3ccnc(N)c3c2)cc1. The normalized spacial score (nSPS) is 12.0. The fraction of sp³-hybridized carbons (Fsp3) is 0.0741. The third kappa shape index (κ3) is 5.18. The quantitative estimate of drug-likeness (QED) is 0.304. The summed E-state index contributed by atoms with van der Waals surface area (Å²) in [6.45, 7) is 0. The molecular formula is C27H20F3N5O3S. The number of carbonyl (C=O) groups is 1. The van der Waals surface area contributed by atoms with Crippen molar-refractivity contribution in [2.45, 2.75) is 11.1 Å². The molecule has 198 valence electrons. The number of amides is 1. The van der Waals surface area contributed by atoms with Crippen molar-refractivity contribution in [2.75, 3.05) is 17.3 Å². The van der Waals surface area contributed by atoms with Gasteiger partial charge in [0.25, 0.3) is 5.91 Å². The molecule has 39 heavy (non-hydrogen) atoms. The molecule has 0 fully saturated rings. The molecule has 0 spiro atoms. The van der Waals surface area contributed by atoms with Gasteiger partial charge in [0.1, 0.15) is 11.6 Å². The van der Waals surface area contributed by atoms with Crippen molar-refractivity contribution in [2.24, 2.45) is 0 Å². The van der Waals surface area contributed by atoms with Crippen LogP contribution in [0, 0.1) is 0 Å².